The lowest BCUT2D eigenvalue weighted by molar-refractivity contribution is -0.156. The van der Waals surface area contributed by atoms with E-state index in [1.165, 1.54) is 0 Å². The fraction of sp³-hybridized carbons (Fsp3) is 0.643. The van der Waals surface area contributed by atoms with Gasteiger partial charge in [-0.25, -0.2) is 0 Å². The minimum absolute atomic E-state index is 0.123. The van der Waals surface area contributed by atoms with Crippen molar-refractivity contribution in [1.29, 1.82) is 0 Å². The molecule has 0 bridgehead atoms. The molecule has 0 N–H and O–H groups in total. The van der Waals surface area contributed by atoms with Gasteiger partial charge in [-0.15, -0.1) is 13.2 Å². The minimum Gasteiger partial charge on any atom is -0.462 e. The highest BCUT2D eigenvalue weighted by Crippen LogP contribution is 2.48. The topological polar surface area (TPSA) is 38.8 Å². The van der Waals surface area contributed by atoms with Crippen LogP contribution in [0.15, 0.2) is 25.3 Å². The van der Waals surface area contributed by atoms with E-state index in [-0.39, 0.29) is 18.0 Å². The van der Waals surface area contributed by atoms with Crippen LogP contribution >= 0.6 is 0 Å². The van der Waals surface area contributed by atoms with Gasteiger partial charge < -0.3 is 9.47 Å². The van der Waals surface area contributed by atoms with E-state index in [4.69, 9.17) is 9.47 Å². The third-order valence-corrected chi connectivity index (χ3v) is 3.95. The number of ether oxygens (including phenoxy) is 2. The summed E-state index contributed by atoms with van der Waals surface area (Å²) in [7, 11) is 0. The molecule has 1 saturated carbocycles. The van der Waals surface area contributed by atoms with E-state index in [0.29, 0.717) is 19.1 Å². The molecule has 94 valence electrons. The van der Waals surface area contributed by atoms with E-state index in [2.05, 4.69) is 13.2 Å². The minimum atomic E-state index is -0.449. The van der Waals surface area contributed by atoms with Crippen molar-refractivity contribution in [2.75, 3.05) is 13.2 Å². The zero-order valence-corrected chi connectivity index (χ0v) is 10.4. The summed E-state index contributed by atoms with van der Waals surface area (Å²) in [4.78, 5) is 12.2. The van der Waals surface area contributed by atoms with Crippen LogP contribution in [-0.2, 0) is 14.3 Å². The molecule has 2 rings (SSSR count). The monoisotopic (exact) mass is 236 g/mol. The maximum absolute atomic E-state index is 12.2. The van der Waals surface area contributed by atoms with Gasteiger partial charge in [-0.1, -0.05) is 12.2 Å². The second kappa shape index (κ2) is 4.65. The summed E-state index contributed by atoms with van der Waals surface area (Å²) in [6, 6.07) is 0. The predicted molar refractivity (Wildman–Crippen MR) is 65.4 cm³/mol. The lowest BCUT2D eigenvalue weighted by Gasteiger charge is -2.26. The van der Waals surface area contributed by atoms with Gasteiger partial charge in [0.2, 0.25) is 0 Å². The van der Waals surface area contributed by atoms with Crippen molar-refractivity contribution in [2.45, 2.75) is 25.9 Å². The summed E-state index contributed by atoms with van der Waals surface area (Å²) in [5.74, 6) is 0.438. The highest BCUT2D eigenvalue weighted by Gasteiger charge is 2.48. The first kappa shape index (κ1) is 12.4. The number of carbonyl (C=O) groups excluding carboxylic acids is 1. The van der Waals surface area contributed by atoms with Crippen LogP contribution in [0.3, 0.4) is 0 Å². The Kier molecular flexibility index (Phi) is 3.38. The molecular formula is C14H20O3. The van der Waals surface area contributed by atoms with Crippen molar-refractivity contribution in [1.82, 2.24) is 0 Å². The molecule has 0 aromatic heterocycles. The zero-order valence-electron chi connectivity index (χ0n) is 10.4. The van der Waals surface area contributed by atoms with Crippen molar-refractivity contribution in [3.8, 4) is 0 Å². The molecule has 0 amide bonds. The van der Waals surface area contributed by atoms with Gasteiger partial charge >= 0.3 is 5.97 Å². The van der Waals surface area contributed by atoms with E-state index in [1.54, 1.807) is 0 Å². The van der Waals surface area contributed by atoms with Crippen LogP contribution in [0.5, 0.6) is 0 Å². The van der Waals surface area contributed by atoms with Gasteiger partial charge in [-0.3, -0.25) is 4.79 Å². The number of rotatable bonds is 5. The number of esters is 1. The van der Waals surface area contributed by atoms with E-state index in [1.807, 2.05) is 19.1 Å². The molecule has 0 radical (unpaired) electrons. The van der Waals surface area contributed by atoms with Gasteiger partial charge in [0.15, 0.2) is 0 Å². The Labute approximate surface area is 102 Å². The standard InChI is InChI=1S/C14H20O3/c1-4-10-6-11(5-2)14(3,7-10)13(15)17-9-12-8-16-12/h4-5,10-12H,1-2,6-9H2,3H3. The average molecular weight is 236 g/mol. The van der Waals surface area contributed by atoms with Crippen molar-refractivity contribution in [2.24, 2.45) is 17.3 Å². The molecule has 3 nitrogen and oxygen atoms in total. The van der Waals surface area contributed by atoms with Crippen LogP contribution in [0.1, 0.15) is 19.8 Å². The Morgan fingerprint density at radius 3 is 2.76 bits per heavy atom. The molecule has 4 unspecified atom stereocenters. The Morgan fingerprint density at radius 2 is 2.24 bits per heavy atom. The number of hydrogen-bond acceptors (Lipinski definition) is 3. The molecule has 0 aromatic carbocycles. The number of hydrogen-bond donors (Lipinski definition) is 0. The highest BCUT2D eigenvalue weighted by molar-refractivity contribution is 5.77. The molecule has 1 aliphatic carbocycles. The average Bonchev–Trinajstić information content (AvgIpc) is 3.09. The molecule has 1 aliphatic heterocycles. The summed E-state index contributed by atoms with van der Waals surface area (Å²) >= 11 is 0. The Hall–Kier alpha value is -1.09. The number of epoxide rings is 1. The Balaban J connectivity index is 2.00. The van der Waals surface area contributed by atoms with Gasteiger partial charge in [-0.2, -0.15) is 0 Å². The van der Waals surface area contributed by atoms with Gasteiger partial charge in [0, 0.05) is 0 Å². The fourth-order valence-corrected chi connectivity index (χ4v) is 2.63. The first-order chi connectivity index (χ1) is 8.10. The third-order valence-electron chi connectivity index (χ3n) is 3.95. The summed E-state index contributed by atoms with van der Waals surface area (Å²) in [6.07, 6.45) is 5.68. The summed E-state index contributed by atoms with van der Waals surface area (Å²) in [5.41, 5.74) is -0.449. The van der Waals surface area contributed by atoms with Crippen LogP contribution in [0.2, 0.25) is 0 Å². The van der Waals surface area contributed by atoms with Crippen LogP contribution in [0.25, 0.3) is 0 Å². The number of carbonyl (C=O) groups is 1. The molecule has 0 spiro atoms. The molecule has 3 heteroatoms. The van der Waals surface area contributed by atoms with E-state index < -0.39 is 5.41 Å². The van der Waals surface area contributed by atoms with Crippen LogP contribution < -0.4 is 0 Å². The van der Waals surface area contributed by atoms with Gasteiger partial charge in [0.1, 0.15) is 12.7 Å². The van der Waals surface area contributed by atoms with Crippen LogP contribution in [0.4, 0.5) is 0 Å². The largest absolute Gasteiger partial charge is 0.462 e. The molecule has 1 saturated heterocycles. The van der Waals surface area contributed by atoms with Crippen molar-refractivity contribution in [3.05, 3.63) is 25.3 Å². The molecular weight excluding hydrogens is 216 g/mol. The summed E-state index contributed by atoms with van der Waals surface area (Å²) < 4.78 is 10.4. The molecule has 0 aromatic rings. The molecule has 4 atom stereocenters. The normalized spacial score (nSPS) is 39.7. The quantitative estimate of drug-likeness (QED) is 0.418. The number of allylic oxidation sites excluding steroid dienone is 2. The lowest BCUT2D eigenvalue weighted by Crippen LogP contribution is -2.33. The van der Waals surface area contributed by atoms with Gasteiger partial charge in [0.25, 0.3) is 0 Å². The van der Waals surface area contributed by atoms with Gasteiger partial charge in [0.05, 0.1) is 12.0 Å². The van der Waals surface area contributed by atoms with Crippen molar-refractivity contribution >= 4 is 5.97 Å². The first-order valence-corrected chi connectivity index (χ1v) is 6.14. The van der Waals surface area contributed by atoms with Gasteiger partial charge in [-0.05, 0) is 31.6 Å². The van der Waals surface area contributed by atoms with Crippen LogP contribution in [-0.4, -0.2) is 25.3 Å². The summed E-state index contributed by atoms with van der Waals surface area (Å²) in [5, 5.41) is 0. The molecule has 1 heterocycles. The van der Waals surface area contributed by atoms with E-state index in [0.717, 1.165) is 12.8 Å². The zero-order chi connectivity index (χ0) is 12.5. The predicted octanol–water partition coefficient (Wildman–Crippen LogP) is 2.33. The molecule has 17 heavy (non-hydrogen) atoms. The van der Waals surface area contributed by atoms with Crippen LogP contribution in [0, 0.1) is 17.3 Å². The maximum atomic E-state index is 12.2. The second-order valence-electron chi connectivity index (χ2n) is 5.25. The van der Waals surface area contributed by atoms with E-state index in [9.17, 15) is 4.79 Å². The summed E-state index contributed by atoms with van der Waals surface area (Å²) in [6.45, 7) is 10.7. The van der Waals surface area contributed by atoms with Crippen molar-refractivity contribution in [3.63, 3.8) is 0 Å². The fourth-order valence-electron chi connectivity index (χ4n) is 2.63. The van der Waals surface area contributed by atoms with E-state index >= 15 is 0 Å². The first-order valence-electron chi connectivity index (χ1n) is 6.14. The Morgan fingerprint density at radius 1 is 1.53 bits per heavy atom. The highest BCUT2D eigenvalue weighted by atomic mass is 16.6. The Bertz CT molecular complexity index is 332. The molecule has 2 aliphatic rings. The third kappa shape index (κ3) is 2.44. The lowest BCUT2D eigenvalue weighted by atomic mass is 9.80. The SMILES string of the molecule is C=CC1CC(C=C)C(C)(C(=O)OCC2CO2)C1. The maximum Gasteiger partial charge on any atom is 0.312 e. The smallest absolute Gasteiger partial charge is 0.312 e. The van der Waals surface area contributed by atoms with Crippen molar-refractivity contribution < 1.29 is 14.3 Å². The second-order valence-corrected chi connectivity index (χ2v) is 5.25. The molecule has 2 fully saturated rings.